The highest BCUT2D eigenvalue weighted by molar-refractivity contribution is 8.00. The molecule has 0 aliphatic heterocycles. The number of halogens is 1. The number of nitrogen functional groups attached to an aromatic ring is 1. The van der Waals surface area contributed by atoms with E-state index < -0.39 is 0 Å². The zero-order valence-electron chi connectivity index (χ0n) is 9.48. The van der Waals surface area contributed by atoms with Crippen LogP contribution in [0.1, 0.15) is 12.8 Å². The van der Waals surface area contributed by atoms with E-state index >= 15 is 0 Å². The molecule has 1 aliphatic carbocycles. The Kier molecular flexibility index (Phi) is 3.57. The van der Waals surface area contributed by atoms with Crippen molar-refractivity contribution in [1.82, 2.24) is 0 Å². The van der Waals surface area contributed by atoms with E-state index in [0.717, 1.165) is 12.8 Å². The first kappa shape index (κ1) is 12.2. The van der Waals surface area contributed by atoms with Crippen molar-refractivity contribution < 1.29 is 13.9 Å². The number of carbonyl (C=O) groups excluding carboxylic acids is 1. The monoisotopic (exact) mass is 255 g/mol. The molecule has 1 unspecified atom stereocenters. The molecule has 0 radical (unpaired) electrons. The van der Waals surface area contributed by atoms with Gasteiger partial charge in [0.25, 0.3) is 0 Å². The smallest absolute Gasteiger partial charge is 0.319 e. The average Bonchev–Trinajstić information content (AvgIpc) is 3.13. The zero-order valence-corrected chi connectivity index (χ0v) is 10.3. The van der Waals surface area contributed by atoms with Crippen LogP contribution in [0.15, 0.2) is 23.1 Å². The van der Waals surface area contributed by atoms with E-state index in [2.05, 4.69) is 0 Å². The Morgan fingerprint density at radius 2 is 2.29 bits per heavy atom. The lowest BCUT2D eigenvalue weighted by atomic mass is 10.3. The largest absolute Gasteiger partial charge is 0.468 e. The van der Waals surface area contributed by atoms with Crippen LogP contribution >= 0.6 is 11.8 Å². The highest BCUT2D eigenvalue weighted by Gasteiger charge is 2.38. The van der Waals surface area contributed by atoms with Crippen LogP contribution in [0.2, 0.25) is 0 Å². The number of esters is 1. The SMILES string of the molecule is COC(=O)C(Sc1cc(F)ccc1N)C1CC1. The second-order valence-electron chi connectivity index (χ2n) is 4.08. The molecule has 0 amide bonds. The quantitative estimate of drug-likeness (QED) is 0.510. The van der Waals surface area contributed by atoms with Gasteiger partial charge in [-0.25, -0.2) is 4.39 Å². The van der Waals surface area contributed by atoms with E-state index in [9.17, 15) is 9.18 Å². The summed E-state index contributed by atoms with van der Waals surface area (Å²) in [6, 6.07) is 4.18. The van der Waals surface area contributed by atoms with Crippen molar-refractivity contribution in [1.29, 1.82) is 0 Å². The molecule has 1 saturated carbocycles. The Hall–Kier alpha value is -1.23. The van der Waals surface area contributed by atoms with Gasteiger partial charge in [0.2, 0.25) is 0 Å². The normalized spacial score (nSPS) is 16.6. The summed E-state index contributed by atoms with van der Waals surface area (Å²) >= 11 is 1.29. The lowest BCUT2D eigenvalue weighted by Crippen LogP contribution is -2.21. The summed E-state index contributed by atoms with van der Waals surface area (Å²) in [6.07, 6.45) is 2.03. The highest BCUT2D eigenvalue weighted by atomic mass is 32.2. The minimum atomic E-state index is -0.346. The lowest BCUT2D eigenvalue weighted by Gasteiger charge is -2.14. The van der Waals surface area contributed by atoms with Crippen molar-refractivity contribution in [2.45, 2.75) is 23.0 Å². The van der Waals surface area contributed by atoms with Crippen molar-refractivity contribution in [2.75, 3.05) is 12.8 Å². The fourth-order valence-electron chi connectivity index (χ4n) is 1.60. The van der Waals surface area contributed by atoms with E-state index in [1.807, 2.05) is 0 Å². The predicted octanol–water partition coefficient (Wildman–Crippen LogP) is 2.45. The number of thioether (sulfide) groups is 1. The van der Waals surface area contributed by atoms with Crippen LogP contribution in [0.4, 0.5) is 10.1 Å². The molecule has 2 N–H and O–H groups in total. The lowest BCUT2D eigenvalue weighted by molar-refractivity contribution is -0.140. The average molecular weight is 255 g/mol. The maximum atomic E-state index is 13.1. The van der Waals surface area contributed by atoms with Crippen LogP contribution in [0.5, 0.6) is 0 Å². The molecule has 5 heteroatoms. The van der Waals surface area contributed by atoms with E-state index in [1.54, 1.807) is 0 Å². The fourth-order valence-corrected chi connectivity index (χ4v) is 2.91. The van der Waals surface area contributed by atoms with Gasteiger partial charge in [-0.15, -0.1) is 11.8 Å². The Bertz CT molecular complexity index is 435. The zero-order chi connectivity index (χ0) is 12.4. The molecule has 0 spiro atoms. The van der Waals surface area contributed by atoms with Crippen molar-refractivity contribution in [3.05, 3.63) is 24.0 Å². The third-order valence-corrected chi connectivity index (χ3v) is 4.15. The molecule has 3 nitrogen and oxygen atoms in total. The van der Waals surface area contributed by atoms with E-state index in [4.69, 9.17) is 10.5 Å². The molecule has 1 fully saturated rings. The van der Waals surface area contributed by atoms with Gasteiger partial charge in [-0.05, 0) is 37.0 Å². The number of carbonyl (C=O) groups is 1. The summed E-state index contributed by atoms with van der Waals surface area (Å²) in [4.78, 5) is 12.2. The minimum Gasteiger partial charge on any atom is -0.468 e. The van der Waals surface area contributed by atoms with Gasteiger partial charge < -0.3 is 10.5 Å². The maximum Gasteiger partial charge on any atom is 0.319 e. The van der Waals surface area contributed by atoms with Crippen molar-refractivity contribution in [2.24, 2.45) is 5.92 Å². The molecule has 0 heterocycles. The van der Waals surface area contributed by atoms with Crippen molar-refractivity contribution in [3.8, 4) is 0 Å². The first-order valence-electron chi connectivity index (χ1n) is 5.41. The number of hydrogen-bond acceptors (Lipinski definition) is 4. The molecular weight excluding hydrogens is 241 g/mol. The molecule has 0 saturated heterocycles. The summed E-state index contributed by atoms with van der Waals surface area (Å²) in [6.45, 7) is 0. The van der Waals surface area contributed by atoms with Gasteiger partial charge in [-0.2, -0.15) is 0 Å². The second kappa shape index (κ2) is 4.96. The molecule has 1 aromatic carbocycles. The Morgan fingerprint density at radius 3 is 2.88 bits per heavy atom. The summed E-state index contributed by atoms with van der Waals surface area (Å²) in [7, 11) is 1.37. The molecule has 1 aliphatic rings. The van der Waals surface area contributed by atoms with Crippen LogP contribution in [0.3, 0.4) is 0 Å². The van der Waals surface area contributed by atoms with Gasteiger partial charge >= 0.3 is 5.97 Å². The van der Waals surface area contributed by atoms with Gasteiger partial charge in [-0.3, -0.25) is 4.79 Å². The standard InChI is InChI=1S/C12H14FNO2S/c1-16-12(15)11(7-2-3-7)17-10-6-8(13)4-5-9(10)14/h4-7,11H,2-3,14H2,1H3. The molecular formula is C12H14FNO2S. The summed E-state index contributed by atoms with van der Waals surface area (Å²) in [5.74, 6) is -0.280. The Balaban J connectivity index is 2.16. The van der Waals surface area contributed by atoms with E-state index in [0.29, 0.717) is 16.5 Å². The first-order valence-corrected chi connectivity index (χ1v) is 6.29. The number of rotatable bonds is 4. The van der Waals surface area contributed by atoms with E-state index in [1.165, 1.54) is 37.1 Å². The van der Waals surface area contributed by atoms with Gasteiger partial charge in [0.15, 0.2) is 0 Å². The maximum absolute atomic E-state index is 13.1. The fraction of sp³-hybridized carbons (Fsp3) is 0.417. The summed E-state index contributed by atoms with van der Waals surface area (Å²) in [5, 5.41) is -0.274. The number of ether oxygens (including phenoxy) is 1. The molecule has 0 bridgehead atoms. The van der Waals surface area contributed by atoms with Gasteiger partial charge in [0, 0.05) is 10.6 Å². The summed E-state index contributed by atoms with van der Waals surface area (Å²) in [5.41, 5.74) is 6.25. The van der Waals surface area contributed by atoms with Crippen molar-refractivity contribution >= 4 is 23.4 Å². The topological polar surface area (TPSA) is 52.3 Å². The molecule has 1 aromatic rings. The molecule has 17 heavy (non-hydrogen) atoms. The molecule has 0 aromatic heterocycles. The number of nitrogens with two attached hydrogens (primary N) is 1. The Morgan fingerprint density at radius 1 is 1.59 bits per heavy atom. The molecule has 2 rings (SSSR count). The third kappa shape index (κ3) is 2.91. The predicted molar refractivity (Wildman–Crippen MR) is 65.2 cm³/mol. The Labute approximate surface area is 104 Å². The third-order valence-electron chi connectivity index (χ3n) is 2.71. The minimum absolute atomic E-state index is 0.263. The van der Waals surface area contributed by atoms with Gasteiger partial charge in [0.05, 0.1) is 7.11 Å². The van der Waals surface area contributed by atoms with Crippen LogP contribution in [-0.2, 0) is 9.53 Å². The number of benzene rings is 1. The van der Waals surface area contributed by atoms with E-state index in [-0.39, 0.29) is 17.0 Å². The highest BCUT2D eigenvalue weighted by Crippen LogP contribution is 2.43. The van der Waals surface area contributed by atoms with Gasteiger partial charge in [0.1, 0.15) is 11.1 Å². The van der Waals surface area contributed by atoms with Gasteiger partial charge in [-0.1, -0.05) is 0 Å². The first-order chi connectivity index (χ1) is 8.11. The molecule has 1 atom stereocenters. The van der Waals surface area contributed by atoms with Crippen LogP contribution in [0.25, 0.3) is 0 Å². The van der Waals surface area contributed by atoms with Crippen molar-refractivity contribution in [3.63, 3.8) is 0 Å². The number of hydrogen-bond donors (Lipinski definition) is 1. The van der Waals surface area contributed by atoms with Crippen LogP contribution in [0, 0.1) is 11.7 Å². The summed E-state index contributed by atoms with van der Waals surface area (Å²) < 4.78 is 17.9. The number of methoxy groups -OCH3 is 1. The molecule has 92 valence electrons. The second-order valence-corrected chi connectivity index (χ2v) is 5.26. The van der Waals surface area contributed by atoms with Crippen LogP contribution in [-0.4, -0.2) is 18.3 Å². The number of anilines is 1. The van der Waals surface area contributed by atoms with Crippen LogP contribution < -0.4 is 5.73 Å².